The molecule has 1 aromatic rings. The molecule has 5 nitrogen and oxygen atoms in total. The van der Waals surface area contributed by atoms with E-state index < -0.39 is 15.4 Å². The minimum absolute atomic E-state index is 0.101. The number of anilines is 1. The first-order valence-corrected chi connectivity index (χ1v) is 9.15. The van der Waals surface area contributed by atoms with Crippen LogP contribution in [0.15, 0.2) is 23.1 Å². The second-order valence-corrected chi connectivity index (χ2v) is 8.13. The largest absolute Gasteiger partial charge is 0.325 e. The average Bonchev–Trinajstić information content (AvgIpc) is 2.68. The first-order chi connectivity index (χ1) is 10.2. The van der Waals surface area contributed by atoms with Gasteiger partial charge in [0.1, 0.15) is 0 Å². The van der Waals surface area contributed by atoms with Crippen LogP contribution < -0.4 is 5.32 Å². The summed E-state index contributed by atoms with van der Waals surface area (Å²) >= 11 is 0. The van der Waals surface area contributed by atoms with Crippen molar-refractivity contribution in [1.82, 2.24) is 4.31 Å². The fourth-order valence-electron chi connectivity index (χ4n) is 2.71. The molecule has 0 atom stereocenters. The van der Waals surface area contributed by atoms with Crippen molar-refractivity contribution in [1.29, 1.82) is 0 Å². The third-order valence-electron chi connectivity index (χ3n) is 4.06. The molecule has 1 aliphatic heterocycles. The Balaban J connectivity index is 2.46. The van der Waals surface area contributed by atoms with Gasteiger partial charge in [-0.25, -0.2) is 8.42 Å². The van der Waals surface area contributed by atoms with Gasteiger partial charge in [0.25, 0.3) is 0 Å². The lowest BCUT2D eigenvalue weighted by Gasteiger charge is -2.22. The Morgan fingerprint density at radius 3 is 2.27 bits per heavy atom. The zero-order valence-corrected chi connectivity index (χ0v) is 14.5. The van der Waals surface area contributed by atoms with Crippen LogP contribution in [-0.2, 0) is 20.2 Å². The highest BCUT2D eigenvalue weighted by Gasteiger charge is 2.39. The van der Waals surface area contributed by atoms with Crippen LogP contribution >= 0.6 is 0 Å². The molecule has 1 aliphatic rings. The van der Waals surface area contributed by atoms with Crippen LogP contribution in [-0.4, -0.2) is 31.7 Å². The summed E-state index contributed by atoms with van der Waals surface area (Å²) in [5.74, 6) is -0.101. The number of hydrogen-bond acceptors (Lipinski definition) is 3. The van der Waals surface area contributed by atoms with Crippen molar-refractivity contribution < 1.29 is 13.2 Å². The van der Waals surface area contributed by atoms with Gasteiger partial charge in [0.2, 0.25) is 15.9 Å². The molecule has 22 heavy (non-hydrogen) atoms. The lowest BCUT2D eigenvalue weighted by Crippen LogP contribution is -2.33. The Hall–Kier alpha value is -1.40. The van der Waals surface area contributed by atoms with Gasteiger partial charge >= 0.3 is 0 Å². The van der Waals surface area contributed by atoms with Gasteiger partial charge in [0.15, 0.2) is 0 Å². The lowest BCUT2D eigenvalue weighted by molar-refractivity contribution is -0.119. The summed E-state index contributed by atoms with van der Waals surface area (Å²) in [7, 11) is -3.52. The summed E-state index contributed by atoms with van der Waals surface area (Å²) in [5.41, 5.74) is 0.735. The Morgan fingerprint density at radius 2 is 1.73 bits per heavy atom. The molecule has 1 N–H and O–H groups in total. The molecule has 0 aliphatic carbocycles. The summed E-state index contributed by atoms with van der Waals surface area (Å²) in [6.45, 7) is 8.56. The second kappa shape index (κ2) is 6.01. The molecule has 6 heteroatoms. The Labute approximate surface area is 132 Å². The molecule has 0 saturated heterocycles. The van der Waals surface area contributed by atoms with Crippen LogP contribution in [0.5, 0.6) is 0 Å². The summed E-state index contributed by atoms with van der Waals surface area (Å²) in [6.07, 6.45) is 1.55. The van der Waals surface area contributed by atoms with Gasteiger partial charge < -0.3 is 5.32 Å². The maximum absolute atomic E-state index is 12.8. The van der Waals surface area contributed by atoms with Gasteiger partial charge in [0.05, 0.1) is 10.3 Å². The van der Waals surface area contributed by atoms with Gasteiger partial charge in [0, 0.05) is 18.8 Å². The fourth-order valence-corrected chi connectivity index (χ4v) is 4.36. The van der Waals surface area contributed by atoms with Crippen molar-refractivity contribution in [2.75, 3.05) is 18.4 Å². The van der Waals surface area contributed by atoms with Gasteiger partial charge in [-0.05, 0) is 50.5 Å². The number of amides is 1. The van der Waals surface area contributed by atoms with Crippen LogP contribution in [0.2, 0.25) is 0 Å². The number of hydrogen-bond donors (Lipinski definition) is 1. The summed E-state index contributed by atoms with van der Waals surface area (Å²) < 4.78 is 27.2. The van der Waals surface area contributed by atoms with Crippen LogP contribution in [0.25, 0.3) is 0 Å². The van der Waals surface area contributed by atoms with Crippen molar-refractivity contribution >= 4 is 21.6 Å². The van der Waals surface area contributed by atoms with E-state index in [0.717, 1.165) is 18.4 Å². The lowest BCUT2D eigenvalue weighted by atomic mass is 9.86. The van der Waals surface area contributed by atoms with Crippen molar-refractivity contribution in [2.45, 2.75) is 50.8 Å². The Bertz CT molecular complexity index is 675. The molecule has 1 aromatic carbocycles. The van der Waals surface area contributed by atoms with E-state index in [0.29, 0.717) is 18.8 Å². The third kappa shape index (κ3) is 2.77. The molecule has 0 bridgehead atoms. The number of rotatable bonds is 6. The molecule has 0 radical (unpaired) electrons. The number of carbonyl (C=O) groups is 1. The number of nitrogens with one attached hydrogen (secondary N) is 1. The van der Waals surface area contributed by atoms with E-state index in [4.69, 9.17) is 0 Å². The molecule has 0 unspecified atom stereocenters. The van der Waals surface area contributed by atoms with Gasteiger partial charge in [-0.1, -0.05) is 13.8 Å². The van der Waals surface area contributed by atoms with Crippen molar-refractivity contribution in [3.8, 4) is 0 Å². The molecular formula is C16H24N2O3S. The van der Waals surface area contributed by atoms with E-state index in [1.807, 2.05) is 13.8 Å². The Kier molecular flexibility index (Phi) is 4.63. The molecular weight excluding hydrogens is 300 g/mol. The fraction of sp³-hybridized carbons (Fsp3) is 0.562. The smallest absolute Gasteiger partial charge is 0.243 e. The highest BCUT2D eigenvalue weighted by Crippen LogP contribution is 2.38. The van der Waals surface area contributed by atoms with E-state index in [2.05, 4.69) is 5.32 Å². The van der Waals surface area contributed by atoms with Crippen LogP contribution in [0, 0.1) is 0 Å². The number of fused-ring (bicyclic) bond motifs is 1. The van der Waals surface area contributed by atoms with E-state index in [-0.39, 0.29) is 10.8 Å². The molecule has 2 rings (SSSR count). The third-order valence-corrected chi connectivity index (χ3v) is 5.96. The van der Waals surface area contributed by atoms with Crippen LogP contribution in [0.4, 0.5) is 5.69 Å². The summed E-state index contributed by atoms with van der Waals surface area (Å²) in [6, 6.07) is 4.90. The maximum atomic E-state index is 12.8. The molecule has 0 aromatic heterocycles. The van der Waals surface area contributed by atoms with E-state index in [9.17, 15) is 13.2 Å². The van der Waals surface area contributed by atoms with Crippen molar-refractivity contribution in [2.24, 2.45) is 0 Å². The zero-order chi connectivity index (χ0) is 16.5. The predicted octanol–water partition coefficient (Wildman–Crippen LogP) is 2.73. The minimum atomic E-state index is -3.52. The van der Waals surface area contributed by atoms with Gasteiger partial charge in [-0.2, -0.15) is 4.31 Å². The molecule has 0 spiro atoms. The average molecular weight is 324 g/mol. The highest BCUT2D eigenvalue weighted by atomic mass is 32.2. The van der Waals surface area contributed by atoms with E-state index in [1.165, 1.54) is 4.31 Å². The maximum Gasteiger partial charge on any atom is 0.243 e. The quantitative estimate of drug-likeness (QED) is 0.875. The Morgan fingerprint density at radius 1 is 1.14 bits per heavy atom. The molecule has 0 fully saturated rings. The monoisotopic (exact) mass is 324 g/mol. The number of benzene rings is 1. The molecule has 122 valence electrons. The molecule has 1 amide bonds. The topological polar surface area (TPSA) is 66.5 Å². The number of nitrogens with zero attached hydrogens (tertiary/aromatic N) is 1. The van der Waals surface area contributed by atoms with Crippen LogP contribution in [0.1, 0.15) is 46.1 Å². The summed E-state index contributed by atoms with van der Waals surface area (Å²) in [4.78, 5) is 12.2. The first-order valence-electron chi connectivity index (χ1n) is 7.71. The van der Waals surface area contributed by atoms with Gasteiger partial charge in [-0.15, -0.1) is 0 Å². The van der Waals surface area contributed by atoms with E-state index >= 15 is 0 Å². The summed E-state index contributed by atoms with van der Waals surface area (Å²) in [5, 5.41) is 2.80. The van der Waals surface area contributed by atoms with E-state index in [1.54, 1.807) is 32.0 Å². The van der Waals surface area contributed by atoms with Crippen molar-refractivity contribution in [3.05, 3.63) is 23.8 Å². The normalized spacial score (nSPS) is 16.7. The number of sulfonamides is 1. The predicted molar refractivity (Wildman–Crippen MR) is 87.4 cm³/mol. The second-order valence-electron chi connectivity index (χ2n) is 6.19. The zero-order valence-electron chi connectivity index (χ0n) is 13.6. The van der Waals surface area contributed by atoms with Gasteiger partial charge in [-0.3, -0.25) is 4.79 Å². The first kappa shape index (κ1) is 17.0. The molecule has 0 saturated carbocycles. The van der Waals surface area contributed by atoms with Crippen molar-refractivity contribution in [3.63, 3.8) is 0 Å². The standard InChI is InChI=1S/C16H24N2O3S/c1-5-9-18(10-6-2)22(20,21)12-7-8-14-13(11-12)16(3,4)15(19)17-14/h7-8,11H,5-6,9-10H2,1-4H3,(H,17,19). The van der Waals surface area contributed by atoms with Crippen LogP contribution in [0.3, 0.4) is 0 Å². The minimum Gasteiger partial charge on any atom is -0.325 e. The molecule has 1 heterocycles. The highest BCUT2D eigenvalue weighted by molar-refractivity contribution is 7.89. The SMILES string of the molecule is CCCN(CCC)S(=O)(=O)c1ccc2c(c1)C(C)(C)C(=O)N2. The number of carbonyl (C=O) groups excluding carboxylic acids is 1.